The first-order valence-corrected chi connectivity index (χ1v) is 12.7. The number of nitrogens with zero attached hydrogens (tertiary/aromatic N) is 3. The lowest BCUT2D eigenvalue weighted by Crippen LogP contribution is -2.50. The van der Waals surface area contributed by atoms with Gasteiger partial charge >= 0.3 is 0 Å². The van der Waals surface area contributed by atoms with E-state index in [1.54, 1.807) is 34.9 Å². The number of fused-ring (bicyclic) bond motifs is 4. The van der Waals surface area contributed by atoms with Crippen LogP contribution < -0.4 is 5.56 Å². The summed E-state index contributed by atoms with van der Waals surface area (Å²) in [6.45, 7) is 1.32. The summed E-state index contributed by atoms with van der Waals surface area (Å²) in [5.41, 5.74) is 0.763. The topological polar surface area (TPSA) is 82.8 Å². The van der Waals surface area contributed by atoms with E-state index in [4.69, 9.17) is 0 Å². The molecular formula is C27H30FN3O4. The lowest BCUT2D eigenvalue weighted by atomic mass is 9.85. The first-order chi connectivity index (χ1) is 17.0. The Morgan fingerprint density at radius 1 is 0.971 bits per heavy atom. The van der Waals surface area contributed by atoms with Gasteiger partial charge < -0.3 is 19.5 Å². The van der Waals surface area contributed by atoms with E-state index in [9.17, 15) is 23.9 Å². The van der Waals surface area contributed by atoms with E-state index in [0.29, 0.717) is 18.8 Å². The fourth-order valence-corrected chi connectivity index (χ4v) is 6.44. The SMILES string of the molecule is O=C([C@H]1[C@H](CO)[C@H]2Cn3c(ccc(-c4ccccc4F)c3=O)[C@@H]1N2C(=O)C1CC1)N1CCCCC1. The number of likely N-dealkylation sites (tertiary alicyclic amines) is 1. The number of piperidine rings is 1. The second kappa shape index (κ2) is 8.59. The number of benzene rings is 1. The molecule has 1 aromatic carbocycles. The molecule has 8 heteroatoms. The van der Waals surface area contributed by atoms with Gasteiger partial charge in [-0.15, -0.1) is 0 Å². The number of carbonyl (C=O) groups excluding carboxylic acids is 2. The molecule has 1 N–H and O–H groups in total. The van der Waals surface area contributed by atoms with Gasteiger partial charge in [0.05, 0.1) is 23.6 Å². The molecule has 4 atom stereocenters. The molecule has 6 rings (SSSR count). The van der Waals surface area contributed by atoms with E-state index in [1.807, 2.05) is 9.80 Å². The standard InChI is InChI=1S/C27H30FN3O4/c28-20-7-3-2-6-17(20)18-10-11-21-24-23(27(35)29-12-4-1-5-13-29)19(15-32)22(14-30(21)26(18)34)31(24)25(33)16-8-9-16/h2-3,6-7,10-11,16,19,22-24,32H,1,4-5,8-9,12-15H2/t19-,22-,23+,24+/m1/s1. The molecule has 1 aliphatic carbocycles. The third kappa shape index (κ3) is 3.53. The molecule has 2 bridgehead atoms. The van der Waals surface area contributed by atoms with Gasteiger partial charge in [0.25, 0.3) is 5.56 Å². The quantitative estimate of drug-likeness (QED) is 0.731. The molecule has 3 fully saturated rings. The number of amides is 2. The Morgan fingerprint density at radius 3 is 2.40 bits per heavy atom. The minimum absolute atomic E-state index is 0.0178. The average Bonchev–Trinajstić information content (AvgIpc) is 3.70. The number of aliphatic hydroxyl groups is 1. The Labute approximate surface area is 203 Å². The Bertz CT molecular complexity index is 1230. The monoisotopic (exact) mass is 479 g/mol. The summed E-state index contributed by atoms with van der Waals surface area (Å²) >= 11 is 0. The number of rotatable bonds is 4. The van der Waals surface area contributed by atoms with E-state index >= 15 is 0 Å². The highest BCUT2D eigenvalue weighted by Gasteiger charge is 2.59. The highest BCUT2D eigenvalue weighted by molar-refractivity contribution is 5.86. The maximum atomic E-state index is 14.5. The Hall–Kier alpha value is -3.00. The molecule has 2 amide bonds. The molecule has 0 spiro atoms. The number of hydrogen-bond donors (Lipinski definition) is 1. The van der Waals surface area contributed by atoms with Crippen LogP contribution in [0.2, 0.25) is 0 Å². The maximum absolute atomic E-state index is 14.5. The number of halogens is 1. The number of aromatic nitrogens is 1. The van der Waals surface area contributed by atoms with Crippen molar-refractivity contribution in [3.8, 4) is 11.1 Å². The lowest BCUT2D eigenvalue weighted by molar-refractivity contribution is -0.141. The predicted molar refractivity (Wildman–Crippen MR) is 127 cm³/mol. The molecule has 1 saturated carbocycles. The second-order valence-corrected chi connectivity index (χ2v) is 10.4. The van der Waals surface area contributed by atoms with Crippen LogP contribution in [0.3, 0.4) is 0 Å². The van der Waals surface area contributed by atoms with Crippen molar-refractivity contribution in [2.45, 2.75) is 50.7 Å². The summed E-state index contributed by atoms with van der Waals surface area (Å²) in [5, 5.41) is 10.5. The largest absolute Gasteiger partial charge is 0.396 e. The molecular weight excluding hydrogens is 449 g/mol. The van der Waals surface area contributed by atoms with Gasteiger partial charge in [-0.3, -0.25) is 14.4 Å². The van der Waals surface area contributed by atoms with Crippen molar-refractivity contribution in [3.05, 3.63) is 58.3 Å². The predicted octanol–water partition coefficient (Wildman–Crippen LogP) is 2.57. The highest BCUT2D eigenvalue weighted by atomic mass is 19.1. The van der Waals surface area contributed by atoms with Crippen LogP contribution in [0.1, 0.15) is 43.8 Å². The van der Waals surface area contributed by atoms with Crippen LogP contribution in [0.4, 0.5) is 4.39 Å². The van der Waals surface area contributed by atoms with E-state index < -0.39 is 29.7 Å². The van der Waals surface area contributed by atoms with E-state index in [1.165, 1.54) is 6.07 Å². The Kier molecular flexibility index (Phi) is 5.51. The molecule has 4 aliphatic rings. The van der Waals surface area contributed by atoms with E-state index in [2.05, 4.69) is 0 Å². The summed E-state index contributed by atoms with van der Waals surface area (Å²) in [6, 6.07) is 8.52. The molecule has 3 aliphatic heterocycles. The van der Waals surface area contributed by atoms with Crippen molar-refractivity contribution >= 4 is 11.8 Å². The molecule has 2 saturated heterocycles. The van der Waals surface area contributed by atoms with Crippen molar-refractivity contribution < 1.29 is 19.1 Å². The minimum atomic E-state index is -0.601. The molecule has 1 aromatic heterocycles. The number of carbonyl (C=O) groups is 2. The Balaban J connectivity index is 1.47. The van der Waals surface area contributed by atoms with Gasteiger partial charge in [-0.2, -0.15) is 0 Å². The summed E-state index contributed by atoms with van der Waals surface area (Å²) in [6.07, 6.45) is 4.66. The molecule has 0 radical (unpaired) electrons. The van der Waals surface area contributed by atoms with Crippen molar-refractivity contribution in [3.63, 3.8) is 0 Å². The van der Waals surface area contributed by atoms with Crippen LogP contribution in [0.25, 0.3) is 11.1 Å². The van der Waals surface area contributed by atoms with Gasteiger partial charge in [-0.05, 0) is 50.3 Å². The maximum Gasteiger partial charge on any atom is 0.258 e. The molecule has 4 heterocycles. The van der Waals surface area contributed by atoms with Gasteiger partial charge in [-0.25, -0.2) is 4.39 Å². The van der Waals surface area contributed by atoms with Crippen molar-refractivity contribution in [1.82, 2.24) is 14.4 Å². The number of hydrogen-bond acceptors (Lipinski definition) is 4. The van der Waals surface area contributed by atoms with Gasteiger partial charge in [0.15, 0.2) is 0 Å². The van der Waals surface area contributed by atoms with Crippen LogP contribution in [-0.2, 0) is 16.1 Å². The number of aliphatic hydroxyl groups excluding tert-OH is 1. The van der Waals surface area contributed by atoms with Crippen molar-refractivity contribution in [1.29, 1.82) is 0 Å². The van der Waals surface area contributed by atoms with Crippen LogP contribution >= 0.6 is 0 Å². The lowest BCUT2D eigenvalue weighted by Gasteiger charge is -2.39. The zero-order chi connectivity index (χ0) is 24.3. The molecule has 2 aromatic rings. The van der Waals surface area contributed by atoms with Crippen LogP contribution in [-0.4, -0.2) is 57.0 Å². The van der Waals surface area contributed by atoms with Crippen LogP contribution in [0.5, 0.6) is 0 Å². The number of pyridine rings is 1. The van der Waals surface area contributed by atoms with Gasteiger partial charge in [-0.1, -0.05) is 18.2 Å². The fourth-order valence-electron chi connectivity index (χ4n) is 6.44. The fraction of sp³-hybridized carbons (Fsp3) is 0.519. The van der Waals surface area contributed by atoms with E-state index in [0.717, 1.165) is 32.1 Å². The minimum Gasteiger partial charge on any atom is -0.396 e. The molecule has 7 nitrogen and oxygen atoms in total. The third-order valence-electron chi connectivity index (χ3n) is 8.34. The highest BCUT2D eigenvalue weighted by Crippen LogP contribution is 2.51. The van der Waals surface area contributed by atoms with E-state index in [-0.39, 0.29) is 47.6 Å². The Morgan fingerprint density at radius 2 is 1.71 bits per heavy atom. The first kappa shape index (κ1) is 22.5. The van der Waals surface area contributed by atoms with Crippen molar-refractivity contribution in [2.24, 2.45) is 17.8 Å². The molecule has 0 unspecified atom stereocenters. The summed E-state index contributed by atoms with van der Waals surface area (Å²) in [4.78, 5) is 44.6. The van der Waals surface area contributed by atoms with Crippen LogP contribution in [0, 0.1) is 23.6 Å². The molecule has 184 valence electrons. The first-order valence-electron chi connectivity index (χ1n) is 12.7. The summed E-state index contributed by atoms with van der Waals surface area (Å²) < 4.78 is 16.1. The summed E-state index contributed by atoms with van der Waals surface area (Å²) in [5.74, 6) is -1.58. The normalized spacial score (nSPS) is 27.6. The van der Waals surface area contributed by atoms with Gasteiger partial charge in [0.1, 0.15) is 5.82 Å². The van der Waals surface area contributed by atoms with Crippen LogP contribution in [0.15, 0.2) is 41.2 Å². The summed E-state index contributed by atoms with van der Waals surface area (Å²) in [7, 11) is 0. The zero-order valence-corrected chi connectivity index (χ0v) is 19.6. The van der Waals surface area contributed by atoms with Crippen molar-refractivity contribution in [2.75, 3.05) is 19.7 Å². The average molecular weight is 480 g/mol. The second-order valence-electron chi connectivity index (χ2n) is 10.4. The third-order valence-corrected chi connectivity index (χ3v) is 8.34. The molecule has 35 heavy (non-hydrogen) atoms. The van der Waals surface area contributed by atoms with Gasteiger partial charge in [0, 0.05) is 49.3 Å². The smallest absolute Gasteiger partial charge is 0.258 e. The van der Waals surface area contributed by atoms with Gasteiger partial charge in [0.2, 0.25) is 11.8 Å². The zero-order valence-electron chi connectivity index (χ0n) is 19.6.